The third kappa shape index (κ3) is 6.61. The molecule has 1 atom stereocenters. The van der Waals surface area contributed by atoms with E-state index in [1.54, 1.807) is 29.9 Å². The largest absolute Gasteiger partial charge is 0.393 e. The van der Waals surface area contributed by atoms with Crippen LogP contribution in [0.1, 0.15) is 13.3 Å². The maximum absolute atomic E-state index is 8.64. The van der Waals surface area contributed by atoms with Crippen molar-refractivity contribution in [1.29, 1.82) is 0 Å². The average molecular weight is 232 g/mol. The van der Waals surface area contributed by atoms with Crippen LogP contribution in [0.25, 0.3) is 0 Å². The zero-order valence-electron chi connectivity index (χ0n) is 4.63. The zero-order valence-corrected chi connectivity index (χ0v) is 6.79. The Morgan fingerprint density at radius 2 is 2.38 bits per heavy atom. The molecule has 0 aromatic heterocycles. The van der Waals surface area contributed by atoms with Crippen LogP contribution in [0.15, 0.2) is 0 Å². The Morgan fingerprint density at radius 3 is 2.75 bits per heavy atom. The minimum absolute atomic E-state index is 0.304. The highest BCUT2D eigenvalue weighted by Crippen LogP contribution is 1.93. The molecule has 0 aromatic carbocycles. The Labute approximate surface area is 62.6 Å². The molecule has 0 heterocycles. The first-order valence-electron chi connectivity index (χ1n) is 2.35. The second-order valence-corrected chi connectivity index (χ2v) is 1.88. The van der Waals surface area contributed by atoms with Gasteiger partial charge in [-0.05, 0) is 13.3 Å². The summed E-state index contributed by atoms with van der Waals surface area (Å²) >= 11 is 1.63. The molecular weight excluding hydrogens is 223 g/mol. The van der Waals surface area contributed by atoms with E-state index in [1.807, 2.05) is 0 Å². The van der Waals surface area contributed by atoms with E-state index in [4.69, 9.17) is 5.11 Å². The van der Waals surface area contributed by atoms with Crippen molar-refractivity contribution in [2.75, 3.05) is 6.61 Å². The molecule has 0 saturated carbocycles. The molecule has 0 aliphatic rings. The molecular formula is C4H9IO3. The number of rotatable bonds is 4. The van der Waals surface area contributed by atoms with E-state index in [2.05, 4.69) is 8.10 Å². The van der Waals surface area contributed by atoms with E-state index in [1.165, 1.54) is 0 Å². The number of hydrogen-bond acceptors (Lipinski definition) is 3. The van der Waals surface area contributed by atoms with Gasteiger partial charge in [0.1, 0.15) is 0 Å². The fourth-order valence-electron chi connectivity index (χ4n) is 0.250. The first-order chi connectivity index (χ1) is 3.77. The normalized spacial score (nSPS) is 13.9. The van der Waals surface area contributed by atoms with Crippen molar-refractivity contribution in [3.8, 4) is 0 Å². The van der Waals surface area contributed by atoms with Crippen LogP contribution >= 0.6 is 23.0 Å². The highest BCUT2D eigenvalue weighted by molar-refractivity contribution is 14.1. The van der Waals surface area contributed by atoms with Gasteiger partial charge in [0.2, 0.25) is 0 Å². The van der Waals surface area contributed by atoms with Crippen LogP contribution in [0.3, 0.4) is 0 Å². The molecule has 4 heteroatoms. The number of hydrogen-bond donors (Lipinski definition) is 1. The van der Waals surface area contributed by atoms with Crippen LogP contribution in [-0.4, -0.2) is 17.8 Å². The molecule has 0 amide bonds. The maximum atomic E-state index is 8.64. The molecule has 0 radical (unpaired) electrons. The van der Waals surface area contributed by atoms with E-state index in [-0.39, 0.29) is 6.10 Å². The highest BCUT2D eigenvalue weighted by atomic mass is 127. The Morgan fingerprint density at radius 1 is 1.75 bits per heavy atom. The SMILES string of the molecule is CC(O)CCOOI. The molecule has 3 nitrogen and oxygen atoms in total. The van der Waals surface area contributed by atoms with Crippen LogP contribution in [0, 0.1) is 0 Å². The quantitative estimate of drug-likeness (QED) is 0.341. The predicted octanol–water partition coefficient (Wildman–Crippen LogP) is 1.06. The summed E-state index contributed by atoms with van der Waals surface area (Å²) in [7, 11) is 0. The van der Waals surface area contributed by atoms with Gasteiger partial charge in [-0.15, -0.1) is 0 Å². The fourth-order valence-corrected chi connectivity index (χ4v) is 0.430. The van der Waals surface area contributed by atoms with Crippen molar-refractivity contribution in [2.24, 2.45) is 0 Å². The summed E-state index contributed by atoms with van der Waals surface area (Å²) < 4.78 is 4.25. The first-order valence-corrected chi connectivity index (χ1v) is 3.23. The Hall–Kier alpha value is 0.610. The predicted molar refractivity (Wildman–Crippen MR) is 37.4 cm³/mol. The monoisotopic (exact) mass is 232 g/mol. The molecule has 0 aromatic rings. The van der Waals surface area contributed by atoms with E-state index in [0.29, 0.717) is 13.0 Å². The minimum atomic E-state index is -0.304. The van der Waals surface area contributed by atoms with Gasteiger partial charge in [-0.3, -0.25) is 0 Å². The van der Waals surface area contributed by atoms with E-state index in [0.717, 1.165) is 0 Å². The summed E-state index contributed by atoms with van der Waals surface area (Å²) in [4.78, 5) is 4.47. The fraction of sp³-hybridized carbons (Fsp3) is 1.00. The molecule has 0 bridgehead atoms. The Bertz CT molecular complexity index is 48.5. The summed E-state index contributed by atoms with van der Waals surface area (Å²) in [6, 6.07) is 0. The van der Waals surface area contributed by atoms with Gasteiger partial charge < -0.3 is 5.11 Å². The smallest absolute Gasteiger partial charge is 0.155 e. The zero-order chi connectivity index (χ0) is 6.41. The molecule has 0 spiro atoms. The van der Waals surface area contributed by atoms with Crippen LogP contribution in [-0.2, 0) is 8.10 Å². The van der Waals surface area contributed by atoms with E-state index in [9.17, 15) is 0 Å². The number of aliphatic hydroxyl groups is 1. The number of halogens is 1. The van der Waals surface area contributed by atoms with Gasteiger partial charge in [0, 0.05) is 0 Å². The molecule has 0 rings (SSSR count). The molecule has 0 fully saturated rings. The van der Waals surface area contributed by atoms with Crippen LogP contribution in [0.4, 0.5) is 0 Å². The maximum Gasteiger partial charge on any atom is 0.155 e. The van der Waals surface area contributed by atoms with Gasteiger partial charge in [0.15, 0.2) is 23.0 Å². The van der Waals surface area contributed by atoms with E-state index < -0.39 is 0 Å². The van der Waals surface area contributed by atoms with Gasteiger partial charge in [-0.25, -0.2) is 4.89 Å². The first kappa shape index (κ1) is 8.61. The molecule has 0 aliphatic heterocycles. The lowest BCUT2D eigenvalue weighted by atomic mass is 10.3. The van der Waals surface area contributed by atoms with Crippen LogP contribution in [0.5, 0.6) is 0 Å². The lowest BCUT2D eigenvalue weighted by Gasteiger charge is -1.99. The van der Waals surface area contributed by atoms with Gasteiger partial charge in [0.25, 0.3) is 0 Å². The van der Waals surface area contributed by atoms with Crippen molar-refractivity contribution in [3.63, 3.8) is 0 Å². The lowest BCUT2D eigenvalue weighted by molar-refractivity contribution is -0.170. The minimum Gasteiger partial charge on any atom is -0.393 e. The molecule has 0 saturated heterocycles. The molecule has 8 heavy (non-hydrogen) atoms. The standard InChI is InChI=1S/C4H9IO3/c1-4(6)2-3-7-8-5/h4,6H,2-3H2,1H3. The summed E-state index contributed by atoms with van der Waals surface area (Å²) in [5.74, 6) is 0. The highest BCUT2D eigenvalue weighted by Gasteiger charge is 1.93. The average Bonchev–Trinajstić information content (AvgIpc) is 1.66. The van der Waals surface area contributed by atoms with Crippen molar-refractivity contribution >= 4 is 23.0 Å². The Kier molecular flexibility index (Phi) is 6.18. The van der Waals surface area contributed by atoms with Crippen molar-refractivity contribution < 1.29 is 13.2 Å². The summed E-state index contributed by atoms with van der Waals surface area (Å²) in [6.07, 6.45) is 0.310. The molecule has 0 aliphatic carbocycles. The second-order valence-electron chi connectivity index (χ2n) is 1.52. The van der Waals surface area contributed by atoms with Gasteiger partial charge >= 0.3 is 0 Å². The van der Waals surface area contributed by atoms with Crippen molar-refractivity contribution in [2.45, 2.75) is 19.4 Å². The Balaban J connectivity index is 2.72. The topological polar surface area (TPSA) is 38.7 Å². The molecule has 1 N–H and O–H groups in total. The third-order valence-corrected chi connectivity index (χ3v) is 0.918. The van der Waals surface area contributed by atoms with Gasteiger partial charge in [0.05, 0.1) is 12.7 Å². The summed E-state index contributed by atoms with van der Waals surface area (Å²) in [6.45, 7) is 2.15. The lowest BCUT2D eigenvalue weighted by Crippen LogP contribution is -2.03. The van der Waals surface area contributed by atoms with Crippen molar-refractivity contribution in [1.82, 2.24) is 0 Å². The van der Waals surface area contributed by atoms with Crippen molar-refractivity contribution in [3.05, 3.63) is 0 Å². The third-order valence-electron chi connectivity index (χ3n) is 0.664. The van der Waals surface area contributed by atoms with E-state index >= 15 is 0 Å². The summed E-state index contributed by atoms with van der Waals surface area (Å²) in [5, 5.41) is 8.64. The summed E-state index contributed by atoms with van der Waals surface area (Å²) in [5.41, 5.74) is 0. The van der Waals surface area contributed by atoms with Gasteiger partial charge in [-0.1, -0.05) is 0 Å². The molecule has 1 unspecified atom stereocenters. The molecule has 50 valence electrons. The van der Waals surface area contributed by atoms with Gasteiger partial charge in [-0.2, -0.15) is 3.22 Å². The second kappa shape index (κ2) is 5.74. The van der Waals surface area contributed by atoms with Crippen LogP contribution in [0.2, 0.25) is 0 Å². The number of aliphatic hydroxyl groups excluding tert-OH is 1. The van der Waals surface area contributed by atoms with Crippen LogP contribution < -0.4 is 0 Å².